The third-order valence-electron chi connectivity index (χ3n) is 3.59. The van der Waals surface area contributed by atoms with Crippen molar-refractivity contribution in [2.45, 2.75) is 6.04 Å². The lowest BCUT2D eigenvalue weighted by molar-refractivity contribution is 0.203. The fraction of sp³-hybridized carbons (Fsp3) is 0.467. The highest BCUT2D eigenvalue weighted by Crippen LogP contribution is 2.31. The van der Waals surface area contributed by atoms with Gasteiger partial charge in [0.15, 0.2) is 0 Å². The van der Waals surface area contributed by atoms with Crippen molar-refractivity contribution in [2.75, 3.05) is 45.2 Å². The van der Waals surface area contributed by atoms with E-state index in [1.165, 1.54) is 0 Å². The Morgan fingerprint density at radius 2 is 1.90 bits per heavy atom. The van der Waals surface area contributed by atoms with Gasteiger partial charge in [0.1, 0.15) is 0 Å². The number of benzene rings is 1. The summed E-state index contributed by atoms with van der Waals surface area (Å²) in [4.78, 5) is 4.48. The summed E-state index contributed by atoms with van der Waals surface area (Å²) in [6.07, 6.45) is 1.99. The van der Waals surface area contributed by atoms with Gasteiger partial charge in [0.05, 0.1) is 6.04 Å². The van der Waals surface area contributed by atoms with Crippen LogP contribution in [0, 0.1) is 0 Å². The molecule has 1 aliphatic heterocycles. The van der Waals surface area contributed by atoms with Gasteiger partial charge in [-0.2, -0.15) is 0 Å². The predicted molar refractivity (Wildman–Crippen MR) is 97.7 cm³/mol. The number of piperazine rings is 1. The van der Waals surface area contributed by atoms with E-state index in [1.54, 1.807) is 0 Å². The molecule has 1 aliphatic rings. The molecule has 1 fully saturated rings. The molecule has 1 heterocycles. The molecule has 2 rings (SSSR count). The van der Waals surface area contributed by atoms with Crippen LogP contribution in [0.5, 0.6) is 0 Å². The van der Waals surface area contributed by atoms with Gasteiger partial charge in [-0.15, -0.1) is 31.4 Å². The second kappa shape index (κ2) is 9.54. The minimum atomic E-state index is 0. The van der Waals surface area contributed by atoms with E-state index in [0.717, 1.165) is 42.5 Å². The number of halogens is 3. The van der Waals surface area contributed by atoms with Crippen LogP contribution < -0.4 is 10.2 Å². The normalized spacial score (nSPS) is 16.3. The van der Waals surface area contributed by atoms with Crippen molar-refractivity contribution in [1.82, 2.24) is 10.2 Å². The molecule has 0 unspecified atom stereocenters. The van der Waals surface area contributed by atoms with Gasteiger partial charge in [0.2, 0.25) is 0 Å². The Kier molecular flexibility index (Phi) is 9.34. The Bertz CT molecular complexity index is 446. The lowest BCUT2D eigenvalue weighted by atomic mass is 10.0. The zero-order chi connectivity index (χ0) is 13.8. The van der Waals surface area contributed by atoms with E-state index in [4.69, 9.17) is 11.6 Å². The summed E-state index contributed by atoms with van der Waals surface area (Å²) in [5, 5.41) is 4.18. The fourth-order valence-corrected chi connectivity index (χ4v) is 2.75. The van der Waals surface area contributed by atoms with E-state index in [9.17, 15) is 0 Å². The van der Waals surface area contributed by atoms with E-state index in [-0.39, 0.29) is 30.9 Å². The maximum Gasteiger partial charge on any atom is 0.0544 e. The van der Waals surface area contributed by atoms with Crippen LogP contribution in [0.2, 0.25) is 5.02 Å². The van der Waals surface area contributed by atoms with Crippen molar-refractivity contribution in [2.24, 2.45) is 0 Å². The monoisotopic (exact) mass is 351 g/mol. The number of hydrogen-bond donors (Lipinski definition) is 1. The molecular weight excluding hydrogens is 329 g/mol. The highest BCUT2D eigenvalue weighted by atomic mass is 35.5. The molecule has 1 aromatic carbocycles. The molecule has 1 atom stereocenters. The zero-order valence-electron chi connectivity index (χ0n) is 12.5. The number of nitrogens with zero attached hydrogens (tertiary/aromatic N) is 2. The fourth-order valence-electron chi connectivity index (χ4n) is 2.47. The molecule has 21 heavy (non-hydrogen) atoms. The standard InChI is InChI=1S/C15H22ClN3.2ClH/c1-4-15(19-9-7-17-8-10-19)13-6-5-12(18(2)3)11-14(13)16;;/h4-6,11,15,17H,1,7-10H2,2-3H3;2*1H/t15-;;/m1../s1. The van der Waals surface area contributed by atoms with Crippen LogP contribution in [-0.4, -0.2) is 45.2 Å². The second-order valence-electron chi connectivity index (χ2n) is 5.07. The summed E-state index contributed by atoms with van der Waals surface area (Å²) >= 11 is 6.45. The maximum absolute atomic E-state index is 6.45. The third kappa shape index (κ3) is 5.04. The molecule has 1 saturated heterocycles. The molecule has 0 bridgehead atoms. The maximum atomic E-state index is 6.45. The van der Waals surface area contributed by atoms with E-state index in [2.05, 4.69) is 33.8 Å². The first kappa shape index (κ1) is 20.6. The quantitative estimate of drug-likeness (QED) is 0.838. The molecule has 0 amide bonds. The van der Waals surface area contributed by atoms with Crippen molar-refractivity contribution >= 4 is 42.1 Å². The summed E-state index contributed by atoms with van der Waals surface area (Å²) in [7, 11) is 4.04. The molecule has 0 aliphatic carbocycles. The first-order valence-corrected chi connectivity index (χ1v) is 7.05. The predicted octanol–water partition coefficient (Wildman–Crippen LogP) is 3.38. The van der Waals surface area contributed by atoms with Gasteiger partial charge < -0.3 is 10.2 Å². The minimum Gasteiger partial charge on any atom is -0.378 e. The summed E-state index contributed by atoms with van der Waals surface area (Å²) < 4.78 is 0. The molecule has 6 heteroatoms. The van der Waals surface area contributed by atoms with E-state index < -0.39 is 0 Å². The Morgan fingerprint density at radius 3 is 2.38 bits per heavy atom. The Morgan fingerprint density at radius 1 is 1.29 bits per heavy atom. The molecule has 0 radical (unpaired) electrons. The first-order valence-electron chi connectivity index (χ1n) is 6.67. The van der Waals surface area contributed by atoms with Gasteiger partial charge in [-0.3, -0.25) is 4.90 Å². The molecule has 3 nitrogen and oxygen atoms in total. The highest BCUT2D eigenvalue weighted by molar-refractivity contribution is 6.31. The van der Waals surface area contributed by atoms with Gasteiger partial charge in [0, 0.05) is 51.0 Å². The SMILES string of the molecule is C=C[C@H](c1ccc(N(C)C)cc1Cl)N1CCNCC1.Cl.Cl. The molecule has 0 aromatic heterocycles. The Balaban J connectivity index is 0.00000200. The minimum absolute atomic E-state index is 0. The van der Waals surface area contributed by atoms with Crippen LogP contribution in [0.15, 0.2) is 30.9 Å². The second-order valence-corrected chi connectivity index (χ2v) is 5.47. The van der Waals surface area contributed by atoms with Crippen LogP contribution >= 0.6 is 36.4 Å². The lowest BCUT2D eigenvalue weighted by Crippen LogP contribution is -2.44. The number of rotatable bonds is 4. The lowest BCUT2D eigenvalue weighted by Gasteiger charge is -2.34. The topological polar surface area (TPSA) is 18.5 Å². The third-order valence-corrected chi connectivity index (χ3v) is 3.91. The summed E-state index contributed by atoms with van der Waals surface area (Å²) in [6, 6.07) is 6.45. The zero-order valence-corrected chi connectivity index (χ0v) is 14.9. The largest absolute Gasteiger partial charge is 0.378 e. The number of nitrogens with one attached hydrogen (secondary N) is 1. The number of hydrogen-bond acceptors (Lipinski definition) is 3. The van der Waals surface area contributed by atoms with Crippen LogP contribution in [0.3, 0.4) is 0 Å². The van der Waals surface area contributed by atoms with Crippen molar-refractivity contribution in [3.05, 3.63) is 41.4 Å². The van der Waals surface area contributed by atoms with Crippen LogP contribution in [0.4, 0.5) is 5.69 Å². The summed E-state index contributed by atoms with van der Waals surface area (Å²) in [6.45, 7) is 8.09. The van der Waals surface area contributed by atoms with Gasteiger partial charge in [-0.05, 0) is 17.7 Å². The van der Waals surface area contributed by atoms with Gasteiger partial charge in [0.25, 0.3) is 0 Å². The Hall–Kier alpha value is -0.450. The van der Waals surface area contributed by atoms with E-state index in [1.807, 2.05) is 26.2 Å². The highest BCUT2D eigenvalue weighted by Gasteiger charge is 2.21. The first-order chi connectivity index (χ1) is 9.13. The molecule has 0 spiro atoms. The van der Waals surface area contributed by atoms with Crippen LogP contribution in [0.25, 0.3) is 0 Å². The molecule has 0 saturated carbocycles. The molecule has 1 aromatic rings. The smallest absolute Gasteiger partial charge is 0.0544 e. The van der Waals surface area contributed by atoms with Gasteiger partial charge in [-0.1, -0.05) is 23.7 Å². The van der Waals surface area contributed by atoms with Gasteiger partial charge >= 0.3 is 0 Å². The van der Waals surface area contributed by atoms with Crippen molar-refractivity contribution < 1.29 is 0 Å². The van der Waals surface area contributed by atoms with Crippen LogP contribution in [-0.2, 0) is 0 Å². The van der Waals surface area contributed by atoms with E-state index in [0.29, 0.717) is 0 Å². The van der Waals surface area contributed by atoms with Crippen molar-refractivity contribution in [3.63, 3.8) is 0 Å². The van der Waals surface area contributed by atoms with Crippen LogP contribution in [0.1, 0.15) is 11.6 Å². The van der Waals surface area contributed by atoms with Gasteiger partial charge in [-0.25, -0.2) is 0 Å². The van der Waals surface area contributed by atoms with E-state index >= 15 is 0 Å². The summed E-state index contributed by atoms with van der Waals surface area (Å²) in [5.41, 5.74) is 2.26. The molecule has 1 N–H and O–H groups in total. The number of anilines is 1. The average Bonchev–Trinajstić information content (AvgIpc) is 2.42. The Labute approximate surface area is 145 Å². The summed E-state index contributed by atoms with van der Waals surface area (Å²) in [5.74, 6) is 0. The molecular formula is C15H24Cl3N3. The average molecular weight is 353 g/mol. The van der Waals surface area contributed by atoms with Crippen molar-refractivity contribution in [3.8, 4) is 0 Å². The molecule has 120 valence electrons. The van der Waals surface area contributed by atoms with Crippen molar-refractivity contribution in [1.29, 1.82) is 0 Å².